The molecular formula is C28H42. The highest BCUT2D eigenvalue weighted by Gasteiger charge is 2.26. The molecule has 0 saturated carbocycles. The van der Waals surface area contributed by atoms with Gasteiger partial charge >= 0.3 is 0 Å². The van der Waals surface area contributed by atoms with Crippen molar-refractivity contribution >= 4 is 11.1 Å². The lowest BCUT2D eigenvalue weighted by atomic mass is 9.74. The first-order valence-electron chi connectivity index (χ1n) is 10.9. The van der Waals surface area contributed by atoms with E-state index in [0.29, 0.717) is 0 Å². The van der Waals surface area contributed by atoms with E-state index >= 15 is 0 Å². The van der Waals surface area contributed by atoms with Gasteiger partial charge in [-0.05, 0) is 83.1 Å². The lowest BCUT2D eigenvalue weighted by Gasteiger charge is -2.30. The molecule has 154 valence electrons. The molecule has 0 amide bonds. The van der Waals surface area contributed by atoms with Gasteiger partial charge in [0, 0.05) is 0 Å². The zero-order valence-electron chi connectivity index (χ0n) is 20.0. The van der Waals surface area contributed by atoms with E-state index in [2.05, 4.69) is 118 Å². The van der Waals surface area contributed by atoms with Crippen molar-refractivity contribution in [1.82, 2.24) is 0 Å². The summed E-state index contributed by atoms with van der Waals surface area (Å²) in [5.74, 6) is 0. The first kappa shape index (κ1) is 24.2. The van der Waals surface area contributed by atoms with E-state index in [0.717, 1.165) is 12.8 Å². The summed E-state index contributed by atoms with van der Waals surface area (Å²) in [7, 11) is 0. The molecule has 0 aliphatic rings. The minimum Gasteiger partial charge on any atom is -0.0871 e. The fraction of sp³-hybridized carbons (Fsp3) is 0.500. The van der Waals surface area contributed by atoms with E-state index in [9.17, 15) is 0 Å². The zero-order chi connectivity index (χ0) is 21.5. The van der Waals surface area contributed by atoms with Crippen LogP contribution >= 0.6 is 0 Å². The van der Waals surface area contributed by atoms with Gasteiger partial charge in [-0.3, -0.25) is 0 Å². The summed E-state index contributed by atoms with van der Waals surface area (Å²) in [6, 6.07) is 4.92. The molecular weight excluding hydrogens is 336 g/mol. The van der Waals surface area contributed by atoms with Crippen LogP contribution in [0.1, 0.15) is 104 Å². The molecule has 0 heterocycles. The van der Waals surface area contributed by atoms with Crippen molar-refractivity contribution in [3.8, 4) is 0 Å². The summed E-state index contributed by atoms with van der Waals surface area (Å²) in [6.07, 6.45) is 15.6. The van der Waals surface area contributed by atoms with Gasteiger partial charge in [-0.25, -0.2) is 0 Å². The highest BCUT2D eigenvalue weighted by Crippen LogP contribution is 2.39. The maximum absolute atomic E-state index is 2.46. The van der Waals surface area contributed by atoms with Crippen molar-refractivity contribution in [2.75, 3.05) is 0 Å². The van der Waals surface area contributed by atoms with Gasteiger partial charge in [0.2, 0.25) is 0 Å². The lowest BCUT2D eigenvalue weighted by molar-refractivity contribution is 0.574. The molecule has 0 aliphatic heterocycles. The van der Waals surface area contributed by atoms with E-state index in [1.807, 2.05) is 0 Å². The molecule has 0 radical (unpaired) electrons. The summed E-state index contributed by atoms with van der Waals surface area (Å²) >= 11 is 0. The topological polar surface area (TPSA) is 0 Å². The van der Waals surface area contributed by atoms with Crippen molar-refractivity contribution in [1.29, 1.82) is 0 Å². The number of allylic oxidation sites excluding steroid dienone is 8. The molecule has 1 rings (SSSR count). The molecule has 0 aromatic heterocycles. The molecule has 0 N–H and O–H groups in total. The Morgan fingerprint density at radius 2 is 1.25 bits per heavy atom. The van der Waals surface area contributed by atoms with Crippen molar-refractivity contribution < 1.29 is 0 Å². The van der Waals surface area contributed by atoms with Crippen LogP contribution < -0.4 is 0 Å². The van der Waals surface area contributed by atoms with Crippen LogP contribution in [0.15, 0.2) is 48.6 Å². The van der Waals surface area contributed by atoms with Crippen molar-refractivity contribution in [3.63, 3.8) is 0 Å². The van der Waals surface area contributed by atoms with Crippen LogP contribution in [0.3, 0.4) is 0 Å². The van der Waals surface area contributed by atoms with Crippen LogP contribution in [0.4, 0.5) is 0 Å². The second kappa shape index (κ2) is 10.1. The molecule has 0 saturated heterocycles. The Labute approximate surface area is 175 Å². The van der Waals surface area contributed by atoms with E-state index in [4.69, 9.17) is 0 Å². The first-order chi connectivity index (χ1) is 13.0. The summed E-state index contributed by atoms with van der Waals surface area (Å²) in [4.78, 5) is 0. The van der Waals surface area contributed by atoms with Gasteiger partial charge < -0.3 is 0 Å². The number of hydrogen-bond acceptors (Lipinski definition) is 0. The Bertz CT molecular complexity index is 765. The fourth-order valence-electron chi connectivity index (χ4n) is 3.57. The van der Waals surface area contributed by atoms with Crippen LogP contribution in [-0.4, -0.2) is 0 Å². The summed E-state index contributed by atoms with van der Waals surface area (Å²) < 4.78 is 0. The number of hydrogen-bond donors (Lipinski definition) is 0. The quantitative estimate of drug-likeness (QED) is 0.433. The highest BCUT2D eigenvalue weighted by atomic mass is 14.3. The second-order valence-corrected chi connectivity index (χ2v) is 9.57. The van der Waals surface area contributed by atoms with Crippen LogP contribution in [0.5, 0.6) is 0 Å². The second-order valence-electron chi connectivity index (χ2n) is 9.57. The minimum atomic E-state index is 0.0715. The van der Waals surface area contributed by atoms with E-state index in [-0.39, 0.29) is 10.8 Å². The third-order valence-electron chi connectivity index (χ3n) is 5.01. The third kappa shape index (κ3) is 6.09. The fourth-order valence-corrected chi connectivity index (χ4v) is 3.57. The van der Waals surface area contributed by atoms with Crippen LogP contribution in [-0.2, 0) is 10.8 Å². The Morgan fingerprint density at radius 3 is 1.61 bits per heavy atom. The average Bonchev–Trinajstić information content (AvgIpc) is 2.60. The largest absolute Gasteiger partial charge is 0.0871 e. The predicted molar refractivity (Wildman–Crippen MR) is 130 cm³/mol. The molecule has 0 atom stereocenters. The molecule has 0 heteroatoms. The summed E-state index contributed by atoms with van der Waals surface area (Å²) in [6.45, 7) is 22.6. The normalized spacial score (nSPS) is 14.5. The van der Waals surface area contributed by atoms with Crippen molar-refractivity contribution in [3.05, 3.63) is 70.8 Å². The zero-order valence-corrected chi connectivity index (χ0v) is 20.0. The van der Waals surface area contributed by atoms with Gasteiger partial charge in [-0.1, -0.05) is 91.8 Å². The molecule has 28 heavy (non-hydrogen) atoms. The molecule has 0 nitrogen and oxygen atoms in total. The molecule has 0 aliphatic carbocycles. The van der Waals surface area contributed by atoms with Crippen molar-refractivity contribution in [2.45, 2.75) is 92.9 Å². The smallest absolute Gasteiger partial charge is 0.0125 e. The van der Waals surface area contributed by atoms with Crippen LogP contribution in [0.2, 0.25) is 0 Å². The molecule has 0 bridgehead atoms. The standard InChI is InChI=1S/C28H42/c1-11-15-18-21(14-4)23-19-26(28(8,9)10)24(20-25(23)27(5,6)7)22(16-12-2)17-13-3/h12,14-20H,11,13H2,1-10H3/b16-12-,18-15-,21-14+,22-17+. The Kier molecular flexibility index (Phi) is 8.74. The van der Waals surface area contributed by atoms with Gasteiger partial charge in [0.1, 0.15) is 0 Å². The lowest BCUT2D eigenvalue weighted by Crippen LogP contribution is -2.19. The maximum atomic E-state index is 2.46. The molecule has 0 unspecified atom stereocenters. The molecule has 1 aromatic carbocycles. The van der Waals surface area contributed by atoms with E-state index in [1.54, 1.807) is 0 Å². The first-order valence-corrected chi connectivity index (χ1v) is 10.9. The number of benzene rings is 1. The van der Waals surface area contributed by atoms with Gasteiger partial charge in [0.25, 0.3) is 0 Å². The number of rotatable bonds is 6. The summed E-state index contributed by atoms with van der Waals surface area (Å²) in [5.41, 5.74) is 8.35. The Morgan fingerprint density at radius 1 is 0.750 bits per heavy atom. The molecule has 0 fully saturated rings. The maximum Gasteiger partial charge on any atom is -0.0125 e. The SMILES string of the molecule is C/C=C\C(=C/CC)c1cc(C(C)(C)C)c(C(/C=C\CC)=C/C)cc1C(C)(C)C. The average molecular weight is 379 g/mol. The third-order valence-corrected chi connectivity index (χ3v) is 5.01. The van der Waals surface area contributed by atoms with Crippen molar-refractivity contribution in [2.24, 2.45) is 0 Å². The monoisotopic (exact) mass is 378 g/mol. The van der Waals surface area contributed by atoms with E-state index < -0.39 is 0 Å². The minimum absolute atomic E-state index is 0.0715. The van der Waals surface area contributed by atoms with Gasteiger partial charge in [-0.15, -0.1) is 0 Å². The molecule has 1 aromatic rings. The van der Waals surface area contributed by atoms with Crippen LogP contribution in [0.25, 0.3) is 11.1 Å². The van der Waals surface area contributed by atoms with Gasteiger partial charge in [0.15, 0.2) is 0 Å². The van der Waals surface area contributed by atoms with Gasteiger partial charge in [0.05, 0.1) is 0 Å². The predicted octanol–water partition coefficient (Wildman–Crippen LogP) is 9.02. The summed E-state index contributed by atoms with van der Waals surface area (Å²) in [5, 5.41) is 0. The highest BCUT2D eigenvalue weighted by molar-refractivity contribution is 5.83. The van der Waals surface area contributed by atoms with Crippen LogP contribution in [0, 0.1) is 0 Å². The Balaban J connectivity index is 4.01. The van der Waals surface area contributed by atoms with E-state index in [1.165, 1.54) is 33.4 Å². The Hall–Kier alpha value is -1.82. The molecule has 0 spiro atoms. The van der Waals surface area contributed by atoms with Gasteiger partial charge in [-0.2, -0.15) is 0 Å².